The van der Waals surface area contributed by atoms with Crippen LogP contribution in [0.5, 0.6) is 0 Å². The van der Waals surface area contributed by atoms with Crippen LogP contribution < -0.4 is 34.7 Å². The van der Waals surface area contributed by atoms with Gasteiger partial charge in [-0.2, -0.15) is 0 Å². The molecule has 6 nitrogen and oxygen atoms in total. The fourth-order valence-electron chi connectivity index (χ4n) is 0.986. The molecule has 0 rings (SSSR count). The van der Waals surface area contributed by atoms with Crippen LogP contribution in [0.4, 0.5) is 0 Å². The van der Waals surface area contributed by atoms with E-state index in [1.165, 1.54) is 14.2 Å². The zero-order valence-electron chi connectivity index (χ0n) is 19.6. The average molecular weight is 399 g/mol. The molecule has 27 heavy (non-hydrogen) atoms. The van der Waals surface area contributed by atoms with Crippen LogP contribution >= 0.6 is 0 Å². The molecule has 0 heterocycles. The molecule has 0 fully saturated rings. The minimum absolute atomic E-state index is 0. The zero-order valence-corrected chi connectivity index (χ0v) is 21.6. The number of hydrogen-bond acceptors (Lipinski definition) is 6. The number of methoxy groups -OCH3 is 2. The number of ether oxygens (including phenoxy) is 2. The first-order chi connectivity index (χ1) is 11.6. The van der Waals surface area contributed by atoms with Crippen molar-refractivity contribution < 1.29 is 58.5 Å². The summed E-state index contributed by atoms with van der Waals surface area (Å²) in [4.78, 5) is 31.8. The van der Waals surface area contributed by atoms with Gasteiger partial charge in [-0.05, 0) is 47.0 Å². The van der Waals surface area contributed by atoms with Crippen LogP contribution in [0.25, 0.3) is 0 Å². The van der Waals surface area contributed by atoms with Gasteiger partial charge in [-0.25, -0.2) is 0 Å². The van der Waals surface area contributed by atoms with E-state index >= 15 is 0 Å². The number of rotatable bonds is 6. The summed E-state index contributed by atoms with van der Waals surface area (Å²) in [6.07, 6.45) is 2.26. The number of hydrogen-bond donors (Lipinski definition) is 0. The summed E-state index contributed by atoms with van der Waals surface area (Å²) < 4.78 is 9.13. The molecule has 0 aliphatic heterocycles. The topological polar surface area (TPSA) is 92.7 Å². The van der Waals surface area contributed by atoms with E-state index in [1.54, 1.807) is 13.8 Å². The number of carboxylic acid groups (broad SMARTS) is 1. The van der Waals surface area contributed by atoms with E-state index in [0.717, 1.165) is 12.8 Å². The van der Waals surface area contributed by atoms with Crippen molar-refractivity contribution in [2.75, 3.05) is 14.2 Å². The Bertz CT molecular complexity index is 414. The molecule has 156 valence electrons. The average Bonchev–Trinajstić information content (AvgIpc) is 2.60. The Morgan fingerprint density at radius 3 is 0.926 bits per heavy atom. The fourth-order valence-corrected chi connectivity index (χ4v) is 0.986. The van der Waals surface area contributed by atoms with E-state index < -0.39 is 11.4 Å². The van der Waals surface area contributed by atoms with Crippen LogP contribution in [0.15, 0.2) is 0 Å². The number of carbonyl (C=O) groups is 3. The molecule has 0 aromatic carbocycles. The number of carbonyl (C=O) groups excluding carboxylic acids is 3. The van der Waals surface area contributed by atoms with Gasteiger partial charge >= 0.3 is 41.5 Å². The first kappa shape index (κ1) is 34.0. The summed E-state index contributed by atoms with van der Waals surface area (Å²) in [7, 11) is 2.83. The minimum Gasteiger partial charge on any atom is -0.550 e. The Morgan fingerprint density at radius 1 is 0.667 bits per heavy atom. The Balaban J connectivity index is -0.000000145. The van der Waals surface area contributed by atoms with E-state index in [0.29, 0.717) is 6.42 Å². The van der Waals surface area contributed by atoms with E-state index in [4.69, 9.17) is 0 Å². The zero-order chi connectivity index (χ0) is 21.8. The molecule has 0 spiro atoms. The van der Waals surface area contributed by atoms with Crippen LogP contribution in [0, 0.1) is 16.2 Å². The molecule has 0 aromatic rings. The second kappa shape index (κ2) is 15.3. The van der Waals surface area contributed by atoms with Crippen LogP contribution in [0.3, 0.4) is 0 Å². The van der Waals surface area contributed by atoms with Gasteiger partial charge < -0.3 is 19.4 Å². The summed E-state index contributed by atoms with van der Waals surface area (Å²) >= 11 is 0. The van der Waals surface area contributed by atoms with Gasteiger partial charge in [0.1, 0.15) is 0 Å². The van der Waals surface area contributed by atoms with E-state index in [9.17, 15) is 19.5 Å². The standard InChI is InChI=1S/2C7H14O2.C6H12O2.Na/c2*1-5-7(2,3)6(8)9-4;1-4-6(2,3)5(7)8;/h2*5H2,1-4H3;4H2,1-3H3,(H,7,8);/q;;;+1/p-1. The second-order valence-electron chi connectivity index (χ2n) is 7.98. The first-order valence-corrected chi connectivity index (χ1v) is 8.97. The van der Waals surface area contributed by atoms with Crippen molar-refractivity contribution in [2.45, 2.75) is 81.6 Å². The van der Waals surface area contributed by atoms with Crippen LogP contribution in [-0.4, -0.2) is 32.1 Å². The molecule has 0 amide bonds. The largest absolute Gasteiger partial charge is 1.00 e. The molecule has 0 saturated carbocycles. The Labute approximate surface area is 188 Å². The van der Waals surface area contributed by atoms with Gasteiger partial charge in [0.25, 0.3) is 0 Å². The molecule has 0 unspecified atom stereocenters. The molecule has 0 radical (unpaired) electrons. The van der Waals surface area contributed by atoms with Gasteiger partial charge in [0, 0.05) is 11.4 Å². The quantitative estimate of drug-likeness (QED) is 0.474. The van der Waals surface area contributed by atoms with Crippen LogP contribution in [-0.2, 0) is 23.9 Å². The predicted octanol–water partition coefficient (Wildman–Crippen LogP) is 0.368. The monoisotopic (exact) mass is 398 g/mol. The normalized spacial score (nSPS) is 10.8. The molecule has 0 aromatic heterocycles. The van der Waals surface area contributed by atoms with Gasteiger partial charge in [0.2, 0.25) is 0 Å². The third-order valence-corrected chi connectivity index (χ3v) is 4.68. The Kier molecular flexibility index (Phi) is 19.3. The number of esters is 2. The van der Waals surface area contributed by atoms with Crippen molar-refractivity contribution in [2.24, 2.45) is 16.2 Å². The molecular weight excluding hydrogens is 359 g/mol. The SMILES string of the molecule is CCC(C)(C)C(=O)OC.CCC(C)(C)C(=O)OC.CCC(C)(C)C(=O)[O-].[Na+]. The summed E-state index contributed by atoms with van der Waals surface area (Å²) in [6, 6.07) is 0. The van der Waals surface area contributed by atoms with Crippen molar-refractivity contribution in [1.82, 2.24) is 0 Å². The van der Waals surface area contributed by atoms with Crippen molar-refractivity contribution >= 4 is 17.9 Å². The first-order valence-electron chi connectivity index (χ1n) is 8.97. The van der Waals surface area contributed by atoms with Crippen molar-refractivity contribution in [3.8, 4) is 0 Å². The predicted molar refractivity (Wildman–Crippen MR) is 101 cm³/mol. The summed E-state index contributed by atoms with van der Waals surface area (Å²) in [6.45, 7) is 16.6. The maximum absolute atomic E-state index is 10.8. The van der Waals surface area contributed by atoms with E-state index in [-0.39, 0.29) is 52.3 Å². The Morgan fingerprint density at radius 2 is 0.889 bits per heavy atom. The van der Waals surface area contributed by atoms with Gasteiger partial charge in [0.05, 0.1) is 25.0 Å². The van der Waals surface area contributed by atoms with Gasteiger partial charge in [-0.3, -0.25) is 9.59 Å². The third-order valence-electron chi connectivity index (χ3n) is 4.68. The van der Waals surface area contributed by atoms with Crippen LogP contribution in [0.1, 0.15) is 81.6 Å². The van der Waals surface area contributed by atoms with Crippen LogP contribution in [0.2, 0.25) is 0 Å². The fraction of sp³-hybridized carbons (Fsp3) is 0.850. The molecular formula is C20H39NaO6. The summed E-state index contributed by atoms with van der Waals surface area (Å²) in [5, 5.41) is 10.1. The molecule has 0 aliphatic carbocycles. The van der Waals surface area contributed by atoms with Crippen molar-refractivity contribution in [1.29, 1.82) is 0 Å². The molecule has 0 saturated heterocycles. The van der Waals surface area contributed by atoms with Crippen molar-refractivity contribution in [3.63, 3.8) is 0 Å². The molecule has 7 heteroatoms. The van der Waals surface area contributed by atoms with E-state index in [1.807, 2.05) is 48.5 Å². The number of carboxylic acids is 1. The maximum Gasteiger partial charge on any atom is 1.00 e. The van der Waals surface area contributed by atoms with Gasteiger partial charge in [-0.1, -0.05) is 34.6 Å². The van der Waals surface area contributed by atoms with Gasteiger partial charge in [-0.15, -0.1) is 0 Å². The number of aliphatic carboxylic acids is 1. The molecule has 0 N–H and O–H groups in total. The summed E-state index contributed by atoms with van der Waals surface area (Å²) in [5.74, 6) is -1.24. The smallest absolute Gasteiger partial charge is 0.550 e. The minimum atomic E-state index is -0.972. The Hall–Kier alpha value is -0.590. The third kappa shape index (κ3) is 15.1. The maximum atomic E-state index is 10.8. The second-order valence-corrected chi connectivity index (χ2v) is 7.98. The van der Waals surface area contributed by atoms with Gasteiger partial charge in [0.15, 0.2) is 0 Å². The molecule has 0 bridgehead atoms. The molecule has 0 atom stereocenters. The van der Waals surface area contributed by atoms with Crippen molar-refractivity contribution in [3.05, 3.63) is 0 Å². The van der Waals surface area contributed by atoms with E-state index in [2.05, 4.69) is 9.47 Å². The summed E-state index contributed by atoms with van der Waals surface area (Å²) in [5.41, 5.74) is -1.27. The molecule has 0 aliphatic rings.